The molecule has 0 radical (unpaired) electrons. The Hall–Kier alpha value is -3.32. The maximum Gasteiger partial charge on any atom is 0.306 e. The Balaban J connectivity index is 1.49. The number of hydrogen-bond donors (Lipinski definition) is 2. The number of aromatic nitrogens is 2. The van der Waals surface area contributed by atoms with E-state index in [1.54, 1.807) is 36.5 Å². The molecule has 8 heteroatoms. The molecule has 5 rings (SSSR count). The summed E-state index contributed by atoms with van der Waals surface area (Å²) in [6.07, 6.45) is 4.53. The molecule has 1 aliphatic carbocycles. The Bertz CT molecular complexity index is 1250. The first-order valence-corrected chi connectivity index (χ1v) is 11.3. The number of carboxylic acids is 1. The van der Waals surface area contributed by atoms with Gasteiger partial charge in [-0.15, -0.1) is 0 Å². The molecule has 33 heavy (non-hydrogen) atoms. The van der Waals surface area contributed by atoms with Crippen molar-refractivity contribution in [1.82, 2.24) is 9.97 Å². The van der Waals surface area contributed by atoms with Crippen LogP contribution < -0.4 is 5.32 Å². The van der Waals surface area contributed by atoms with Crippen LogP contribution in [-0.2, 0) is 11.3 Å². The third kappa shape index (κ3) is 4.33. The Morgan fingerprint density at radius 2 is 1.85 bits per heavy atom. The van der Waals surface area contributed by atoms with Crippen molar-refractivity contribution in [2.24, 2.45) is 10.9 Å². The van der Waals surface area contributed by atoms with Gasteiger partial charge in [0.15, 0.2) is 0 Å². The minimum absolute atomic E-state index is 0.124. The molecule has 1 aliphatic heterocycles. The maximum atomic E-state index is 14.6. The lowest BCUT2D eigenvalue weighted by molar-refractivity contribution is -0.142. The topological polar surface area (TPSA) is 87.5 Å². The third-order valence-electron chi connectivity index (χ3n) is 6.30. The van der Waals surface area contributed by atoms with Gasteiger partial charge in [0.05, 0.1) is 23.9 Å². The first-order chi connectivity index (χ1) is 16.0. The Morgan fingerprint density at radius 3 is 2.61 bits per heavy atom. The average molecular weight is 465 g/mol. The summed E-state index contributed by atoms with van der Waals surface area (Å²) >= 11 is 6.31. The molecule has 1 aromatic heterocycles. The van der Waals surface area contributed by atoms with Gasteiger partial charge < -0.3 is 10.4 Å². The second-order valence-electron chi connectivity index (χ2n) is 8.43. The number of nitrogens with zero attached hydrogens (tertiary/aromatic N) is 3. The fourth-order valence-electron chi connectivity index (χ4n) is 4.54. The predicted octanol–water partition coefficient (Wildman–Crippen LogP) is 5.34. The van der Waals surface area contributed by atoms with Gasteiger partial charge in [0.2, 0.25) is 5.95 Å². The zero-order chi connectivity index (χ0) is 22.9. The van der Waals surface area contributed by atoms with Gasteiger partial charge in [-0.2, -0.15) is 0 Å². The number of nitrogens with one attached hydrogen (secondary N) is 1. The smallest absolute Gasteiger partial charge is 0.306 e. The zero-order valence-corrected chi connectivity index (χ0v) is 18.5. The van der Waals surface area contributed by atoms with Gasteiger partial charge >= 0.3 is 5.97 Å². The summed E-state index contributed by atoms with van der Waals surface area (Å²) in [6, 6.07) is 12.1. The molecule has 3 aromatic rings. The third-order valence-corrected chi connectivity index (χ3v) is 6.54. The summed E-state index contributed by atoms with van der Waals surface area (Å²) in [5, 5.41) is 13.1. The van der Waals surface area contributed by atoms with Gasteiger partial charge in [-0.3, -0.25) is 9.79 Å². The second-order valence-corrected chi connectivity index (χ2v) is 8.87. The fraction of sp³-hybridized carbons (Fsp3) is 0.280. The minimum atomic E-state index is -0.726. The van der Waals surface area contributed by atoms with E-state index in [1.807, 2.05) is 6.07 Å². The number of hydrogen-bond acceptors (Lipinski definition) is 5. The van der Waals surface area contributed by atoms with Crippen molar-refractivity contribution < 1.29 is 14.3 Å². The van der Waals surface area contributed by atoms with E-state index in [-0.39, 0.29) is 17.8 Å². The monoisotopic (exact) mass is 464 g/mol. The van der Waals surface area contributed by atoms with Crippen molar-refractivity contribution in [3.05, 3.63) is 76.2 Å². The molecule has 2 heterocycles. The lowest BCUT2D eigenvalue weighted by Crippen LogP contribution is -2.29. The summed E-state index contributed by atoms with van der Waals surface area (Å²) in [4.78, 5) is 25.2. The van der Waals surface area contributed by atoms with Crippen LogP contribution in [0.3, 0.4) is 0 Å². The summed E-state index contributed by atoms with van der Waals surface area (Å²) in [7, 11) is 0. The van der Waals surface area contributed by atoms with Crippen molar-refractivity contribution in [3.63, 3.8) is 0 Å². The quantitative estimate of drug-likeness (QED) is 0.544. The first kappa shape index (κ1) is 21.5. The van der Waals surface area contributed by atoms with Crippen LogP contribution in [0.5, 0.6) is 0 Å². The van der Waals surface area contributed by atoms with Crippen LogP contribution in [0.2, 0.25) is 5.02 Å². The Kier molecular flexibility index (Phi) is 5.81. The molecule has 2 N–H and O–H groups in total. The molecule has 0 unspecified atom stereocenters. The Labute approximate surface area is 195 Å². The standard InChI is InChI=1S/C25H22ClFN4O2/c26-16-7-10-18-20(11-16)23(19-3-1-2-4-21(19)27)28-12-15-13-29-25(31-22(15)18)30-17-8-5-14(6-9-17)24(32)33/h1-4,7,10-11,13-14,17H,5-6,8-9,12H2,(H,32,33)(H,29,30,31). The highest BCUT2D eigenvalue weighted by atomic mass is 35.5. The molecule has 0 spiro atoms. The van der Waals surface area contributed by atoms with E-state index in [0.717, 1.165) is 35.2 Å². The number of halogens is 2. The van der Waals surface area contributed by atoms with Gasteiger partial charge in [-0.05, 0) is 49.9 Å². The van der Waals surface area contributed by atoms with E-state index in [1.165, 1.54) is 6.07 Å². The zero-order valence-electron chi connectivity index (χ0n) is 17.8. The fourth-order valence-corrected chi connectivity index (χ4v) is 4.72. The van der Waals surface area contributed by atoms with Crippen LogP contribution >= 0.6 is 11.6 Å². The lowest BCUT2D eigenvalue weighted by atomic mass is 9.86. The number of rotatable bonds is 4. The average Bonchev–Trinajstić information content (AvgIpc) is 2.96. The van der Waals surface area contributed by atoms with Crippen LogP contribution in [0.25, 0.3) is 11.3 Å². The largest absolute Gasteiger partial charge is 0.481 e. The normalized spacial score (nSPS) is 19.6. The molecule has 6 nitrogen and oxygen atoms in total. The molecule has 2 aliphatic rings. The highest BCUT2D eigenvalue weighted by Crippen LogP contribution is 2.34. The molecule has 0 bridgehead atoms. The lowest BCUT2D eigenvalue weighted by Gasteiger charge is -2.27. The number of carbonyl (C=O) groups is 1. The number of fused-ring (bicyclic) bond motifs is 3. The number of anilines is 1. The van der Waals surface area contributed by atoms with Crippen LogP contribution in [0.4, 0.5) is 10.3 Å². The van der Waals surface area contributed by atoms with Crippen molar-refractivity contribution in [3.8, 4) is 11.3 Å². The van der Waals surface area contributed by atoms with Gasteiger partial charge in [-0.1, -0.05) is 29.8 Å². The molecule has 2 aromatic carbocycles. The molecular formula is C25H22ClFN4O2. The van der Waals surface area contributed by atoms with Gasteiger partial charge in [0, 0.05) is 39.5 Å². The number of aliphatic imine (C=N–C) groups is 1. The summed E-state index contributed by atoms with van der Waals surface area (Å²) in [6.45, 7) is 0.315. The summed E-state index contributed by atoms with van der Waals surface area (Å²) in [5.41, 5.74) is 4.05. The summed E-state index contributed by atoms with van der Waals surface area (Å²) < 4.78 is 14.6. The molecule has 0 saturated heterocycles. The number of carboxylic acid groups (broad SMARTS) is 1. The molecular weight excluding hydrogens is 443 g/mol. The highest BCUT2D eigenvalue weighted by Gasteiger charge is 2.27. The van der Waals surface area contributed by atoms with Crippen molar-refractivity contribution >= 4 is 29.2 Å². The maximum absolute atomic E-state index is 14.6. The number of benzene rings is 2. The van der Waals surface area contributed by atoms with E-state index >= 15 is 0 Å². The molecule has 1 saturated carbocycles. The highest BCUT2D eigenvalue weighted by molar-refractivity contribution is 6.31. The number of aliphatic carboxylic acids is 1. The summed E-state index contributed by atoms with van der Waals surface area (Å²) in [5.74, 6) is -0.862. The van der Waals surface area contributed by atoms with E-state index in [4.69, 9.17) is 21.6 Å². The first-order valence-electron chi connectivity index (χ1n) is 10.9. The van der Waals surface area contributed by atoms with E-state index in [0.29, 0.717) is 41.6 Å². The van der Waals surface area contributed by atoms with Crippen molar-refractivity contribution in [1.29, 1.82) is 0 Å². The molecule has 0 amide bonds. The minimum Gasteiger partial charge on any atom is -0.481 e. The van der Waals surface area contributed by atoms with Gasteiger partial charge in [0.1, 0.15) is 5.82 Å². The van der Waals surface area contributed by atoms with Crippen LogP contribution in [-0.4, -0.2) is 32.8 Å². The SMILES string of the molecule is O=C(O)C1CCC(Nc2ncc3c(n2)-c2ccc(Cl)cc2C(c2ccccc2F)=NC3)CC1. The predicted molar refractivity (Wildman–Crippen MR) is 125 cm³/mol. The van der Waals surface area contributed by atoms with Gasteiger partial charge in [0.25, 0.3) is 0 Å². The van der Waals surface area contributed by atoms with Crippen molar-refractivity contribution in [2.45, 2.75) is 38.3 Å². The molecule has 168 valence electrons. The van der Waals surface area contributed by atoms with E-state index < -0.39 is 5.97 Å². The van der Waals surface area contributed by atoms with E-state index in [9.17, 15) is 14.3 Å². The van der Waals surface area contributed by atoms with Crippen LogP contribution in [0.1, 0.15) is 42.4 Å². The van der Waals surface area contributed by atoms with Gasteiger partial charge in [-0.25, -0.2) is 14.4 Å². The second kappa shape index (κ2) is 8.90. The van der Waals surface area contributed by atoms with Crippen molar-refractivity contribution in [2.75, 3.05) is 5.32 Å². The Morgan fingerprint density at radius 1 is 1.06 bits per heavy atom. The van der Waals surface area contributed by atoms with Crippen LogP contribution in [0, 0.1) is 11.7 Å². The van der Waals surface area contributed by atoms with Crippen LogP contribution in [0.15, 0.2) is 53.7 Å². The van der Waals surface area contributed by atoms with E-state index in [2.05, 4.69) is 10.3 Å². The molecule has 1 fully saturated rings. The molecule has 0 atom stereocenters.